The Bertz CT molecular complexity index is 1580. The van der Waals surface area contributed by atoms with E-state index in [2.05, 4.69) is 15.7 Å². The van der Waals surface area contributed by atoms with E-state index in [0.717, 1.165) is 16.0 Å². The number of likely N-dealkylation sites (tertiary alicyclic amines) is 2. The zero-order valence-corrected chi connectivity index (χ0v) is 26.1. The molecule has 0 saturated carbocycles. The normalized spacial score (nSPS) is 18.4. The Balaban J connectivity index is 1.32. The van der Waals surface area contributed by atoms with Crippen LogP contribution in [0.25, 0.3) is 0 Å². The first kappa shape index (κ1) is 33.6. The summed E-state index contributed by atoms with van der Waals surface area (Å²) in [5, 5.41) is 9.60. The number of aromatic nitrogens is 2. The number of benzene rings is 2. The van der Waals surface area contributed by atoms with Gasteiger partial charge in [-0.2, -0.15) is 18.3 Å². The largest absolute Gasteiger partial charge is 0.397 e. The summed E-state index contributed by atoms with van der Waals surface area (Å²) in [5.74, 6) is -3.47. The van der Waals surface area contributed by atoms with Gasteiger partial charge in [-0.05, 0) is 18.1 Å². The van der Waals surface area contributed by atoms with Gasteiger partial charge in [0.25, 0.3) is 5.91 Å². The van der Waals surface area contributed by atoms with Crippen molar-refractivity contribution >= 4 is 23.6 Å². The van der Waals surface area contributed by atoms with Crippen molar-refractivity contribution in [1.29, 1.82) is 0 Å². The van der Waals surface area contributed by atoms with Crippen LogP contribution in [-0.4, -0.2) is 94.8 Å². The molecule has 2 saturated heterocycles. The van der Waals surface area contributed by atoms with Crippen molar-refractivity contribution in [3.05, 3.63) is 89.7 Å². The third-order valence-electron chi connectivity index (χ3n) is 8.69. The summed E-state index contributed by atoms with van der Waals surface area (Å²) in [5.41, 5.74) is 1.14. The smallest absolute Gasteiger partial charge is 0.371 e. The summed E-state index contributed by atoms with van der Waals surface area (Å²) in [7, 11) is 1.43. The van der Waals surface area contributed by atoms with Crippen LogP contribution in [0.4, 0.5) is 13.2 Å². The molecule has 2 aromatic carbocycles. The van der Waals surface area contributed by atoms with Crippen molar-refractivity contribution in [3.63, 3.8) is 0 Å². The van der Waals surface area contributed by atoms with Crippen LogP contribution in [-0.2, 0) is 32.3 Å². The molecule has 0 unspecified atom stereocenters. The van der Waals surface area contributed by atoms with E-state index in [1.807, 2.05) is 60.7 Å². The van der Waals surface area contributed by atoms with E-state index in [1.54, 1.807) is 17.8 Å². The van der Waals surface area contributed by atoms with Crippen molar-refractivity contribution in [2.24, 2.45) is 11.3 Å². The number of carbonyl (C=O) groups is 4. The zero-order valence-electron chi connectivity index (χ0n) is 26.1. The topological polar surface area (TPSA) is 126 Å². The van der Waals surface area contributed by atoms with Gasteiger partial charge in [-0.3, -0.25) is 23.9 Å². The van der Waals surface area contributed by atoms with Gasteiger partial charge in [0.1, 0.15) is 12.5 Å². The molecule has 11 nitrogen and oxygen atoms in total. The van der Waals surface area contributed by atoms with Crippen LogP contribution in [0.5, 0.6) is 0 Å². The van der Waals surface area contributed by atoms with Crippen molar-refractivity contribution in [2.45, 2.75) is 44.8 Å². The van der Waals surface area contributed by atoms with Crippen LogP contribution >= 0.6 is 0 Å². The minimum atomic E-state index is -4.68. The average molecular weight is 655 g/mol. The number of hydrogen-bond acceptors (Lipinski definition) is 6. The molecule has 1 aromatic heterocycles. The molecule has 0 bridgehead atoms. The van der Waals surface area contributed by atoms with Crippen LogP contribution in [0.1, 0.15) is 34.8 Å². The summed E-state index contributed by atoms with van der Waals surface area (Å²) in [6.45, 7) is 1.98. The lowest BCUT2D eigenvalue weighted by atomic mass is 9.71. The van der Waals surface area contributed by atoms with Crippen molar-refractivity contribution in [2.75, 3.05) is 33.2 Å². The van der Waals surface area contributed by atoms with Gasteiger partial charge in [-0.1, -0.05) is 60.7 Å². The number of amides is 4. The SMILES string of the molecule is CNC(=O)[C@@H](NC(=O)[C@H]1CN(C(=O)c2cnn(Cc3ccccc3)c2)CC12CN(C(=O)CC(F)(F)F)C2)[C@@H](C)OCc1ccccc1. The second-order valence-corrected chi connectivity index (χ2v) is 12.2. The Kier molecular flexibility index (Phi) is 9.99. The van der Waals surface area contributed by atoms with Gasteiger partial charge in [0.05, 0.1) is 36.9 Å². The van der Waals surface area contributed by atoms with Gasteiger partial charge in [0, 0.05) is 44.8 Å². The third-order valence-corrected chi connectivity index (χ3v) is 8.69. The first-order valence-corrected chi connectivity index (χ1v) is 15.2. The predicted molar refractivity (Wildman–Crippen MR) is 164 cm³/mol. The van der Waals surface area contributed by atoms with E-state index in [1.165, 1.54) is 18.1 Å². The molecule has 4 amide bonds. The molecule has 3 atom stereocenters. The summed E-state index contributed by atoms with van der Waals surface area (Å²) >= 11 is 0. The minimum Gasteiger partial charge on any atom is -0.371 e. The zero-order chi connectivity index (χ0) is 33.8. The Morgan fingerprint density at radius 2 is 1.60 bits per heavy atom. The molecule has 2 aliphatic rings. The van der Waals surface area contributed by atoms with E-state index >= 15 is 0 Å². The molecule has 2 N–H and O–H groups in total. The molecule has 3 aromatic rings. The maximum Gasteiger partial charge on any atom is 0.397 e. The van der Waals surface area contributed by atoms with E-state index in [4.69, 9.17) is 4.74 Å². The highest BCUT2D eigenvalue weighted by Crippen LogP contribution is 2.45. The highest BCUT2D eigenvalue weighted by atomic mass is 19.4. The predicted octanol–water partition coefficient (Wildman–Crippen LogP) is 2.62. The van der Waals surface area contributed by atoms with E-state index in [9.17, 15) is 32.3 Å². The van der Waals surface area contributed by atoms with Crippen molar-refractivity contribution in [1.82, 2.24) is 30.2 Å². The van der Waals surface area contributed by atoms with Gasteiger partial charge >= 0.3 is 6.18 Å². The van der Waals surface area contributed by atoms with Gasteiger partial charge in [-0.15, -0.1) is 0 Å². The Hall–Kier alpha value is -4.72. The molecule has 5 rings (SSSR count). The number of carbonyl (C=O) groups excluding carboxylic acids is 4. The first-order valence-electron chi connectivity index (χ1n) is 15.2. The van der Waals surface area contributed by atoms with Gasteiger partial charge in [0.2, 0.25) is 17.7 Å². The maximum absolute atomic E-state index is 13.9. The fourth-order valence-electron chi connectivity index (χ4n) is 6.20. The van der Waals surface area contributed by atoms with Gasteiger partial charge in [0.15, 0.2) is 0 Å². The number of nitrogens with one attached hydrogen (secondary N) is 2. The molecule has 2 fully saturated rings. The van der Waals surface area contributed by atoms with Crippen molar-refractivity contribution in [3.8, 4) is 0 Å². The molecule has 47 heavy (non-hydrogen) atoms. The lowest BCUT2D eigenvalue weighted by molar-refractivity contribution is -0.172. The van der Waals surface area contributed by atoms with Crippen LogP contribution in [0, 0.1) is 11.3 Å². The third kappa shape index (κ3) is 7.99. The second-order valence-electron chi connectivity index (χ2n) is 12.2. The van der Waals surface area contributed by atoms with Crippen LogP contribution < -0.4 is 10.6 Å². The van der Waals surface area contributed by atoms with Gasteiger partial charge < -0.3 is 25.2 Å². The summed E-state index contributed by atoms with van der Waals surface area (Å²) < 4.78 is 46.5. The molecule has 14 heteroatoms. The molecule has 1 spiro atoms. The molecule has 3 heterocycles. The van der Waals surface area contributed by atoms with Crippen LogP contribution in [0.15, 0.2) is 73.1 Å². The molecule has 0 radical (unpaired) electrons. The second kappa shape index (κ2) is 14.0. The fourth-order valence-corrected chi connectivity index (χ4v) is 6.20. The van der Waals surface area contributed by atoms with Crippen LogP contribution in [0.2, 0.25) is 0 Å². The summed E-state index contributed by atoms with van der Waals surface area (Å²) in [4.78, 5) is 55.3. The number of halogens is 3. The molecular weight excluding hydrogens is 617 g/mol. The van der Waals surface area contributed by atoms with Gasteiger partial charge in [-0.25, -0.2) is 0 Å². The Labute approximate surface area is 270 Å². The summed E-state index contributed by atoms with van der Waals surface area (Å²) in [6.07, 6.45) is -4.01. The number of hydrogen-bond donors (Lipinski definition) is 2. The van der Waals surface area contributed by atoms with Crippen molar-refractivity contribution < 1.29 is 37.1 Å². The standard InChI is InChI=1S/C33H37F3N6O5/c1-22(47-18-24-11-7-4-8-12-24)28(30(45)37-2)39-29(44)26-17-40(19-32(26)20-41(21-32)27(43)13-33(34,35)36)31(46)25-14-38-42(16-25)15-23-9-5-3-6-10-23/h3-12,14,16,22,26,28H,13,15,17-21H2,1-2H3,(H,37,45)(H,39,44)/t22-,26-,28+/m1/s1. The van der Waals surface area contributed by atoms with E-state index in [0.29, 0.717) is 6.54 Å². The summed E-state index contributed by atoms with van der Waals surface area (Å²) in [6, 6.07) is 17.7. The highest BCUT2D eigenvalue weighted by Gasteiger charge is 2.59. The number of rotatable bonds is 11. The Morgan fingerprint density at radius 3 is 2.21 bits per heavy atom. The highest BCUT2D eigenvalue weighted by molar-refractivity contribution is 5.95. The monoisotopic (exact) mass is 654 g/mol. The van der Waals surface area contributed by atoms with Crippen LogP contribution in [0.3, 0.4) is 0 Å². The van der Waals surface area contributed by atoms with E-state index in [-0.39, 0.29) is 38.3 Å². The number of ether oxygens (including phenoxy) is 1. The number of nitrogens with zero attached hydrogens (tertiary/aromatic N) is 4. The maximum atomic E-state index is 13.9. The minimum absolute atomic E-state index is 0.0360. The Morgan fingerprint density at radius 1 is 0.979 bits per heavy atom. The van der Waals surface area contributed by atoms with E-state index < -0.39 is 59.7 Å². The molecule has 2 aliphatic heterocycles. The average Bonchev–Trinajstić information content (AvgIpc) is 3.67. The first-order chi connectivity index (χ1) is 22.4. The molecular formula is C33H37F3N6O5. The lowest BCUT2D eigenvalue weighted by Crippen LogP contribution is -2.65. The quantitative estimate of drug-likeness (QED) is 0.328. The number of alkyl halides is 3. The number of likely N-dealkylation sites (N-methyl/N-ethyl adjacent to an activating group) is 1. The lowest BCUT2D eigenvalue weighted by Gasteiger charge is -2.50. The molecule has 250 valence electrons. The molecule has 0 aliphatic carbocycles. The fraction of sp³-hybridized carbons (Fsp3) is 0.424.